The van der Waals surface area contributed by atoms with Crippen LogP contribution in [0.2, 0.25) is 0 Å². The van der Waals surface area contributed by atoms with Crippen LogP contribution in [-0.4, -0.2) is 0 Å². The molecule has 60 valence electrons. The summed E-state index contributed by atoms with van der Waals surface area (Å²) in [4.78, 5) is 0. The van der Waals surface area contributed by atoms with Gasteiger partial charge in [0.25, 0.3) is 0 Å². The Hall–Kier alpha value is -0.260. The quantitative estimate of drug-likeness (QED) is 0.523. The van der Waals surface area contributed by atoms with Gasteiger partial charge in [-0.05, 0) is 25.2 Å². The number of rotatable bonds is 4. The van der Waals surface area contributed by atoms with Gasteiger partial charge in [-0.25, -0.2) is 0 Å². The smallest absolute Gasteiger partial charge is 0.0211 e. The van der Waals surface area contributed by atoms with Crippen LogP contribution in [0, 0.1) is 11.8 Å². The average Bonchev–Trinajstić information content (AvgIpc) is 1.87. The summed E-state index contributed by atoms with van der Waals surface area (Å²) in [6.07, 6.45) is 7.13. The molecule has 0 amide bonds. The molecule has 0 rings (SSSR count). The van der Waals surface area contributed by atoms with E-state index in [1.54, 1.807) is 0 Å². The van der Waals surface area contributed by atoms with Gasteiger partial charge in [0.1, 0.15) is 0 Å². The van der Waals surface area contributed by atoms with E-state index in [9.17, 15) is 0 Å². The van der Waals surface area contributed by atoms with E-state index in [0.29, 0.717) is 0 Å². The lowest BCUT2D eigenvalue weighted by atomic mass is 9.91. The van der Waals surface area contributed by atoms with E-state index in [4.69, 9.17) is 0 Å². The summed E-state index contributed by atoms with van der Waals surface area (Å²) in [5.74, 6) is 1.60. The fourth-order valence-electron chi connectivity index (χ4n) is 1.23. The monoisotopic (exact) mass is 140 g/mol. The van der Waals surface area contributed by atoms with Crippen LogP contribution in [0.1, 0.15) is 40.5 Å². The van der Waals surface area contributed by atoms with Crippen LogP contribution in [0.4, 0.5) is 0 Å². The summed E-state index contributed by atoms with van der Waals surface area (Å²) in [5, 5.41) is 0. The Kier molecular flexibility index (Phi) is 5.38. The van der Waals surface area contributed by atoms with Crippen molar-refractivity contribution in [2.45, 2.75) is 40.5 Å². The third-order valence-electron chi connectivity index (χ3n) is 1.92. The Labute approximate surface area is 65.3 Å². The van der Waals surface area contributed by atoms with Crippen molar-refractivity contribution >= 4 is 0 Å². The zero-order valence-corrected chi connectivity index (χ0v) is 7.72. The summed E-state index contributed by atoms with van der Waals surface area (Å²) < 4.78 is 0. The van der Waals surface area contributed by atoms with Crippen LogP contribution >= 0.6 is 0 Å². The third kappa shape index (κ3) is 3.71. The van der Waals surface area contributed by atoms with Crippen molar-refractivity contribution in [1.82, 2.24) is 0 Å². The largest absolute Gasteiger partial charge is 0.0914 e. The van der Waals surface area contributed by atoms with Gasteiger partial charge in [0.2, 0.25) is 0 Å². The first-order valence-electron chi connectivity index (χ1n) is 4.35. The highest BCUT2D eigenvalue weighted by molar-refractivity contribution is 4.86. The maximum absolute atomic E-state index is 2.33. The van der Waals surface area contributed by atoms with Gasteiger partial charge in [0, 0.05) is 0 Å². The van der Waals surface area contributed by atoms with Crippen LogP contribution in [-0.2, 0) is 0 Å². The molecule has 0 aliphatic carbocycles. The van der Waals surface area contributed by atoms with Gasteiger partial charge < -0.3 is 0 Å². The first-order valence-corrected chi connectivity index (χ1v) is 4.35. The van der Waals surface area contributed by atoms with E-state index >= 15 is 0 Å². The molecule has 0 aliphatic heterocycles. The van der Waals surface area contributed by atoms with E-state index in [-0.39, 0.29) is 0 Å². The van der Waals surface area contributed by atoms with Crippen LogP contribution in [0.5, 0.6) is 0 Å². The molecule has 0 N–H and O–H groups in total. The molecular formula is C10H20. The Bertz CT molecular complexity index is 90.2. The fraction of sp³-hybridized carbons (Fsp3) is 0.800. The molecule has 0 aromatic rings. The van der Waals surface area contributed by atoms with Gasteiger partial charge in [-0.15, -0.1) is 0 Å². The van der Waals surface area contributed by atoms with Crippen molar-refractivity contribution in [3.63, 3.8) is 0 Å². The average molecular weight is 140 g/mol. The minimum atomic E-state index is 0.801. The molecule has 0 spiro atoms. The molecule has 0 bridgehead atoms. The summed E-state index contributed by atoms with van der Waals surface area (Å²) >= 11 is 0. The zero-order chi connectivity index (χ0) is 7.98. The fourth-order valence-corrected chi connectivity index (χ4v) is 1.23. The molecule has 0 heteroatoms. The Morgan fingerprint density at radius 1 is 1.30 bits per heavy atom. The molecule has 0 fully saturated rings. The molecule has 0 unspecified atom stereocenters. The highest BCUT2D eigenvalue weighted by Gasteiger charge is 2.06. The minimum Gasteiger partial charge on any atom is -0.0914 e. The summed E-state index contributed by atoms with van der Waals surface area (Å²) in [6, 6.07) is 0. The van der Waals surface area contributed by atoms with Gasteiger partial charge in [0.05, 0.1) is 0 Å². The van der Waals surface area contributed by atoms with Crippen molar-refractivity contribution in [3.8, 4) is 0 Å². The lowest BCUT2D eigenvalue weighted by Crippen LogP contribution is -2.04. The van der Waals surface area contributed by atoms with Crippen molar-refractivity contribution in [2.24, 2.45) is 11.8 Å². The molecule has 0 saturated heterocycles. The number of hydrogen-bond acceptors (Lipinski definition) is 0. The molecule has 10 heavy (non-hydrogen) atoms. The Morgan fingerprint density at radius 3 is 2.20 bits per heavy atom. The summed E-state index contributed by atoms with van der Waals surface area (Å²) in [7, 11) is 0. The van der Waals surface area contributed by atoms with E-state index in [1.165, 1.54) is 12.8 Å². The van der Waals surface area contributed by atoms with E-state index in [1.807, 2.05) is 0 Å². The molecular weight excluding hydrogens is 120 g/mol. The lowest BCUT2D eigenvalue weighted by molar-refractivity contribution is 0.432. The number of allylic oxidation sites excluding steroid dienone is 2. The Balaban J connectivity index is 3.72. The first kappa shape index (κ1) is 9.74. The molecule has 0 heterocycles. The predicted molar refractivity (Wildman–Crippen MR) is 48.1 cm³/mol. The molecule has 0 aliphatic rings. The predicted octanol–water partition coefficient (Wildman–Crippen LogP) is 3.63. The molecule has 0 saturated carbocycles. The topological polar surface area (TPSA) is 0 Å². The summed E-state index contributed by atoms with van der Waals surface area (Å²) in [6.45, 7) is 8.94. The molecule has 0 radical (unpaired) electrons. The van der Waals surface area contributed by atoms with E-state index in [2.05, 4.69) is 39.8 Å². The van der Waals surface area contributed by atoms with E-state index in [0.717, 1.165) is 11.8 Å². The van der Waals surface area contributed by atoms with Crippen molar-refractivity contribution < 1.29 is 0 Å². The first-order chi connectivity index (χ1) is 4.72. The minimum absolute atomic E-state index is 0.801. The van der Waals surface area contributed by atoms with Crippen LogP contribution in [0.15, 0.2) is 12.2 Å². The zero-order valence-electron chi connectivity index (χ0n) is 7.72. The second-order valence-electron chi connectivity index (χ2n) is 3.22. The van der Waals surface area contributed by atoms with E-state index < -0.39 is 0 Å². The van der Waals surface area contributed by atoms with Gasteiger partial charge in [-0.2, -0.15) is 0 Å². The second kappa shape index (κ2) is 5.52. The van der Waals surface area contributed by atoms with Crippen molar-refractivity contribution in [3.05, 3.63) is 12.2 Å². The molecule has 0 aromatic heterocycles. The summed E-state index contributed by atoms with van der Waals surface area (Å²) in [5.41, 5.74) is 0. The normalized spacial score (nSPS) is 14.9. The van der Waals surface area contributed by atoms with Crippen LogP contribution in [0.3, 0.4) is 0 Å². The van der Waals surface area contributed by atoms with Crippen LogP contribution in [0.25, 0.3) is 0 Å². The lowest BCUT2D eigenvalue weighted by Gasteiger charge is -2.14. The van der Waals surface area contributed by atoms with Gasteiger partial charge in [0.15, 0.2) is 0 Å². The Morgan fingerprint density at radius 2 is 1.90 bits per heavy atom. The second-order valence-corrected chi connectivity index (χ2v) is 3.22. The SMILES string of the molecule is C/C=C\[C@H](CCC)C(C)C. The maximum Gasteiger partial charge on any atom is -0.0211 e. The van der Waals surface area contributed by atoms with Crippen molar-refractivity contribution in [2.75, 3.05) is 0 Å². The highest BCUT2D eigenvalue weighted by Crippen LogP contribution is 2.17. The van der Waals surface area contributed by atoms with Gasteiger partial charge in [-0.1, -0.05) is 39.3 Å². The highest BCUT2D eigenvalue weighted by atomic mass is 14.1. The van der Waals surface area contributed by atoms with Gasteiger partial charge in [-0.3, -0.25) is 0 Å². The third-order valence-corrected chi connectivity index (χ3v) is 1.92. The van der Waals surface area contributed by atoms with Crippen molar-refractivity contribution in [1.29, 1.82) is 0 Å². The molecule has 0 aromatic carbocycles. The molecule has 1 atom stereocenters. The standard InChI is InChI=1S/C10H20/c1-5-7-10(8-6-2)9(3)4/h5,7,9-10H,6,8H2,1-4H3/b7-5-/t10-/m1/s1. The maximum atomic E-state index is 2.33. The van der Waals surface area contributed by atoms with Gasteiger partial charge >= 0.3 is 0 Å². The molecule has 0 nitrogen and oxygen atoms in total. The number of hydrogen-bond donors (Lipinski definition) is 0. The van der Waals surface area contributed by atoms with Crippen LogP contribution < -0.4 is 0 Å².